The van der Waals surface area contributed by atoms with Crippen molar-refractivity contribution in [2.45, 2.75) is 168 Å². The molecule has 0 aromatic carbocycles. The van der Waals surface area contributed by atoms with Gasteiger partial charge in [0.05, 0.1) is 61.8 Å². The molecule has 4 heterocycles. The van der Waals surface area contributed by atoms with Crippen LogP contribution in [-0.4, -0.2) is 177 Å². The van der Waals surface area contributed by atoms with Crippen LogP contribution in [0.2, 0.25) is 0 Å². The molecular formula is C48H79N5O14. The number of likely N-dealkylation sites (N-methyl/N-ethyl adjacent to an activating group) is 1. The molecule has 0 saturated carbocycles. The van der Waals surface area contributed by atoms with Crippen LogP contribution in [0.1, 0.15) is 93.7 Å². The van der Waals surface area contributed by atoms with Crippen molar-refractivity contribution in [3.63, 3.8) is 0 Å². The Morgan fingerprint density at radius 3 is 2.24 bits per heavy atom. The van der Waals surface area contributed by atoms with E-state index >= 15 is 0 Å². The summed E-state index contributed by atoms with van der Waals surface area (Å²) < 4.78 is 37.7. The molecule has 3 aliphatic rings. The van der Waals surface area contributed by atoms with Gasteiger partial charge in [-0.1, -0.05) is 57.6 Å². The SMILES string of the molecule is CC[C@H]1OC(=O)C[C@@H](O)[C@H](C)[C@@H](O[C@@H]2O[C@H](C)[C@@H](O)C(N(C)C)C2O)[C@@H](CCN(C)Cc2cn(CC3O[C@H](COC(C)=O)[C@@H](OC(C)=O)[C@H](C)[C@H]3C)nn2)C[C@@H](C)C(=O)/C=C/C(C)=C/[C@@H]1CO. The normalized spacial score (nSPS) is 37.4. The Bertz CT molecular complexity index is 1830. The molecule has 0 aliphatic carbocycles. The zero-order valence-electron chi connectivity index (χ0n) is 41.6. The number of ketones is 1. The van der Waals surface area contributed by atoms with Crippen molar-refractivity contribution >= 4 is 23.7 Å². The van der Waals surface area contributed by atoms with Crippen LogP contribution in [0, 0.1) is 35.5 Å². The summed E-state index contributed by atoms with van der Waals surface area (Å²) in [6.07, 6.45) is -1.07. The van der Waals surface area contributed by atoms with Gasteiger partial charge in [0.25, 0.3) is 0 Å². The van der Waals surface area contributed by atoms with Crippen LogP contribution < -0.4 is 0 Å². The molecule has 2 fully saturated rings. The summed E-state index contributed by atoms with van der Waals surface area (Å²) in [6, 6.07) is -0.739. The molecule has 4 N–H and O–H groups in total. The van der Waals surface area contributed by atoms with Gasteiger partial charge in [0.15, 0.2) is 12.1 Å². The van der Waals surface area contributed by atoms with E-state index in [4.69, 9.17) is 28.4 Å². The molecule has 0 bridgehead atoms. The number of nitrogens with zero attached hydrogens (tertiary/aromatic N) is 5. The molecule has 1 aromatic rings. The third-order valence-electron chi connectivity index (χ3n) is 13.8. The summed E-state index contributed by atoms with van der Waals surface area (Å²) in [6.45, 7) is 16.4. The topological polar surface area (TPSA) is 242 Å². The second kappa shape index (κ2) is 25.8. The Morgan fingerprint density at radius 2 is 1.61 bits per heavy atom. The first-order valence-electron chi connectivity index (χ1n) is 23.8. The van der Waals surface area contributed by atoms with Gasteiger partial charge in [0.2, 0.25) is 0 Å². The fraction of sp³-hybridized carbons (Fsp3) is 0.792. The average Bonchev–Trinajstić information content (AvgIpc) is 3.70. The first-order valence-corrected chi connectivity index (χ1v) is 23.8. The number of aliphatic hydroxyl groups is 4. The third kappa shape index (κ3) is 15.7. The minimum atomic E-state index is -1.29. The van der Waals surface area contributed by atoms with E-state index in [0.717, 1.165) is 0 Å². The first-order chi connectivity index (χ1) is 31.5. The molecular weight excluding hydrogens is 871 g/mol. The predicted octanol–water partition coefficient (Wildman–Crippen LogP) is 2.46. The van der Waals surface area contributed by atoms with E-state index in [1.807, 2.05) is 47.9 Å². The second-order valence-corrected chi connectivity index (χ2v) is 19.5. The molecule has 380 valence electrons. The highest BCUT2D eigenvalue weighted by Gasteiger charge is 2.48. The number of rotatable bonds is 15. The van der Waals surface area contributed by atoms with Crippen LogP contribution in [0.15, 0.2) is 30.0 Å². The highest BCUT2D eigenvalue weighted by molar-refractivity contribution is 5.91. The van der Waals surface area contributed by atoms with Crippen molar-refractivity contribution in [1.29, 1.82) is 0 Å². The summed E-state index contributed by atoms with van der Waals surface area (Å²) >= 11 is 0. The minimum absolute atomic E-state index is 0.0528. The van der Waals surface area contributed by atoms with E-state index in [0.29, 0.717) is 50.2 Å². The number of aliphatic hydroxyl groups excluding tert-OH is 4. The number of allylic oxidation sites excluding steroid dienone is 3. The number of carbonyl (C=O) groups excluding carboxylic acids is 4. The Labute approximate surface area is 396 Å². The van der Waals surface area contributed by atoms with E-state index in [1.54, 1.807) is 49.7 Å². The highest BCUT2D eigenvalue weighted by Crippen LogP contribution is 2.36. The fourth-order valence-corrected chi connectivity index (χ4v) is 9.60. The van der Waals surface area contributed by atoms with Gasteiger partial charge in [-0.3, -0.25) is 19.2 Å². The number of cyclic esters (lactones) is 1. The van der Waals surface area contributed by atoms with E-state index in [2.05, 4.69) is 15.2 Å². The van der Waals surface area contributed by atoms with Crippen LogP contribution >= 0.6 is 0 Å². The average molecular weight is 950 g/mol. The first kappa shape index (κ1) is 55.9. The molecule has 4 rings (SSSR count). The lowest BCUT2D eigenvalue weighted by atomic mass is 9.79. The van der Waals surface area contributed by atoms with Gasteiger partial charge >= 0.3 is 17.9 Å². The van der Waals surface area contributed by atoms with Gasteiger partial charge in [-0.05, 0) is 78.7 Å². The number of hydrogen-bond acceptors (Lipinski definition) is 18. The number of ether oxygens (including phenoxy) is 6. The summed E-state index contributed by atoms with van der Waals surface area (Å²) in [7, 11) is 5.41. The maximum Gasteiger partial charge on any atom is 0.308 e. The summed E-state index contributed by atoms with van der Waals surface area (Å²) in [4.78, 5) is 54.6. The molecule has 19 nitrogen and oxygen atoms in total. The van der Waals surface area contributed by atoms with E-state index in [9.17, 15) is 39.6 Å². The van der Waals surface area contributed by atoms with Crippen molar-refractivity contribution in [3.05, 3.63) is 35.7 Å². The molecule has 2 saturated heterocycles. The van der Waals surface area contributed by atoms with Gasteiger partial charge in [0, 0.05) is 50.3 Å². The maximum absolute atomic E-state index is 13.8. The smallest absolute Gasteiger partial charge is 0.308 e. The lowest BCUT2D eigenvalue weighted by Crippen LogP contribution is -2.63. The largest absolute Gasteiger partial charge is 0.463 e. The maximum atomic E-state index is 13.8. The number of aromatic nitrogens is 3. The number of esters is 3. The zero-order valence-corrected chi connectivity index (χ0v) is 41.6. The Hall–Kier alpha value is -3.66. The lowest BCUT2D eigenvalue weighted by molar-refractivity contribution is -0.304. The van der Waals surface area contributed by atoms with Crippen LogP contribution in [0.25, 0.3) is 0 Å². The summed E-state index contributed by atoms with van der Waals surface area (Å²) in [5.74, 6) is -4.08. The van der Waals surface area contributed by atoms with Gasteiger partial charge < -0.3 is 58.6 Å². The molecule has 3 unspecified atom stereocenters. The van der Waals surface area contributed by atoms with Gasteiger partial charge in [0.1, 0.15) is 31.0 Å². The molecule has 0 radical (unpaired) electrons. The van der Waals surface area contributed by atoms with Crippen LogP contribution in [0.3, 0.4) is 0 Å². The Morgan fingerprint density at radius 1 is 0.910 bits per heavy atom. The molecule has 0 spiro atoms. The quantitative estimate of drug-likeness (QED) is 0.146. The molecule has 0 amide bonds. The molecule has 67 heavy (non-hydrogen) atoms. The molecule has 17 atom stereocenters. The van der Waals surface area contributed by atoms with Crippen LogP contribution in [-0.2, 0) is 60.7 Å². The highest BCUT2D eigenvalue weighted by atomic mass is 16.7. The van der Waals surface area contributed by atoms with Crippen LogP contribution in [0.5, 0.6) is 0 Å². The van der Waals surface area contributed by atoms with E-state index in [-0.39, 0.29) is 43.4 Å². The minimum Gasteiger partial charge on any atom is -0.463 e. The van der Waals surface area contributed by atoms with Gasteiger partial charge in [-0.2, -0.15) is 0 Å². The summed E-state index contributed by atoms with van der Waals surface area (Å²) in [5.41, 5.74) is 1.39. The third-order valence-corrected chi connectivity index (χ3v) is 13.8. The molecule has 3 aliphatic heterocycles. The van der Waals surface area contributed by atoms with E-state index in [1.165, 1.54) is 19.9 Å². The summed E-state index contributed by atoms with van der Waals surface area (Å²) in [5, 5.41) is 53.5. The van der Waals surface area contributed by atoms with Crippen molar-refractivity contribution in [3.8, 4) is 0 Å². The van der Waals surface area contributed by atoms with Crippen molar-refractivity contribution in [2.75, 3.05) is 40.9 Å². The lowest BCUT2D eigenvalue weighted by Gasteiger charge is -2.46. The van der Waals surface area contributed by atoms with Gasteiger partial charge in [-0.25, -0.2) is 4.68 Å². The second-order valence-electron chi connectivity index (χ2n) is 19.5. The Kier molecular flexibility index (Phi) is 21.5. The van der Waals surface area contributed by atoms with Crippen molar-refractivity contribution in [1.82, 2.24) is 24.8 Å². The predicted molar refractivity (Wildman–Crippen MR) is 245 cm³/mol. The molecule has 1 aromatic heterocycles. The van der Waals surface area contributed by atoms with Gasteiger partial charge in [-0.15, -0.1) is 5.10 Å². The number of hydrogen-bond donors (Lipinski definition) is 4. The van der Waals surface area contributed by atoms with Crippen LogP contribution in [0.4, 0.5) is 0 Å². The zero-order chi connectivity index (χ0) is 49.9. The van der Waals surface area contributed by atoms with Crippen molar-refractivity contribution < 1.29 is 68.0 Å². The standard InChI is InChI=1S/C48H79N5O14/c1-13-39-35(24-54)18-26(2)14-15-37(57)27(3)19-34(46(30(6)38(58)20-42(59)66-39)67-48-45(61)43(51(10)11)44(60)31(7)63-48)16-17-52(12)21-36-22-53(50-49-36)23-40-28(4)29(5)47(64-33(9)56)41(65-40)25-62-32(8)55/h14-15,18,22,27-31,34-35,38-41,43-48,54,58,60-61H,13,16-17,19-21,23-25H2,1-12H3/b15-14+,26-18+/t27-,28-,29-,30+,31-,34+,35-,38-,39-,40?,41-,43?,44-,45?,46-,47+,48+/m1/s1. The van der Waals surface area contributed by atoms with Crippen molar-refractivity contribution in [2.24, 2.45) is 35.5 Å². The molecule has 19 heteroatoms. The fourth-order valence-electron chi connectivity index (χ4n) is 9.60. The number of carbonyl (C=O) groups is 4. The monoisotopic (exact) mass is 950 g/mol. The van der Waals surface area contributed by atoms with E-state index < -0.39 is 103 Å². The Balaban J connectivity index is 1.61.